The van der Waals surface area contributed by atoms with E-state index in [1.54, 1.807) is 30.6 Å². The summed E-state index contributed by atoms with van der Waals surface area (Å²) in [5, 5.41) is 5.45. The summed E-state index contributed by atoms with van der Waals surface area (Å²) in [6.07, 6.45) is 4.90. The molecule has 2 amide bonds. The molecule has 0 saturated heterocycles. The summed E-state index contributed by atoms with van der Waals surface area (Å²) in [4.78, 5) is 15.5. The number of urea groups is 1. The molecule has 0 unspecified atom stereocenters. The van der Waals surface area contributed by atoms with E-state index >= 15 is 0 Å². The SMILES string of the molecule is O=C(N/C=C/c1ccccc1Br)Nc1cccnc1Cl. The van der Waals surface area contributed by atoms with Gasteiger partial charge in [0, 0.05) is 16.9 Å². The number of halogens is 2. The van der Waals surface area contributed by atoms with Gasteiger partial charge in [0.1, 0.15) is 0 Å². The Balaban J connectivity index is 1.93. The summed E-state index contributed by atoms with van der Waals surface area (Å²) >= 11 is 9.26. The van der Waals surface area contributed by atoms with Gasteiger partial charge in [-0.1, -0.05) is 45.7 Å². The molecule has 102 valence electrons. The van der Waals surface area contributed by atoms with Crippen LogP contribution in [0, 0.1) is 0 Å². The highest BCUT2D eigenvalue weighted by atomic mass is 79.9. The monoisotopic (exact) mass is 351 g/mol. The number of pyridine rings is 1. The first kappa shape index (κ1) is 14.6. The molecular formula is C14H11BrClN3O. The summed E-state index contributed by atoms with van der Waals surface area (Å²) in [6, 6.07) is 10.7. The number of hydrogen-bond acceptors (Lipinski definition) is 2. The second-order valence-corrected chi connectivity index (χ2v) is 5.01. The Morgan fingerprint density at radius 2 is 2.05 bits per heavy atom. The van der Waals surface area contributed by atoms with Gasteiger partial charge >= 0.3 is 6.03 Å². The van der Waals surface area contributed by atoms with Crippen molar-refractivity contribution in [3.63, 3.8) is 0 Å². The van der Waals surface area contributed by atoms with Gasteiger partial charge in [-0.05, 0) is 29.8 Å². The van der Waals surface area contributed by atoms with Crippen LogP contribution in [0.5, 0.6) is 0 Å². The molecule has 0 fully saturated rings. The first-order valence-electron chi connectivity index (χ1n) is 5.76. The Morgan fingerprint density at radius 3 is 2.80 bits per heavy atom. The van der Waals surface area contributed by atoms with Gasteiger partial charge < -0.3 is 10.6 Å². The maximum atomic E-state index is 11.7. The number of nitrogens with one attached hydrogen (secondary N) is 2. The van der Waals surface area contributed by atoms with Crippen molar-refractivity contribution in [2.75, 3.05) is 5.32 Å². The second kappa shape index (κ2) is 7.07. The summed E-state index contributed by atoms with van der Waals surface area (Å²) in [7, 11) is 0. The van der Waals surface area contributed by atoms with E-state index in [1.165, 1.54) is 0 Å². The predicted octanol–water partition coefficient (Wildman–Crippen LogP) is 4.29. The Bertz CT molecular complexity index is 646. The van der Waals surface area contributed by atoms with Gasteiger partial charge in [0.2, 0.25) is 0 Å². The van der Waals surface area contributed by atoms with Crippen LogP contribution >= 0.6 is 27.5 Å². The maximum absolute atomic E-state index is 11.7. The fourth-order valence-corrected chi connectivity index (χ4v) is 2.04. The van der Waals surface area contributed by atoms with Crippen LogP contribution < -0.4 is 10.6 Å². The number of nitrogens with zero attached hydrogens (tertiary/aromatic N) is 1. The van der Waals surface area contributed by atoms with Crippen molar-refractivity contribution in [3.8, 4) is 0 Å². The number of benzene rings is 1. The van der Waals surface area contributed by atoms with E-state index < -0.39 is 0 Å². The zero-order chi connectivity index (χ0) is 14.4. The summed E-state index contributed by atoms with van der Waals surface area (Å²) in [6.45, 7) is 0. The Kier molecular flexibility index (Phi) is 5.15. The molecular weight excluding hydrogens is 342 g/mol. The Morgan fingerprint density at radius 1 is 1.25 bits per heavy atom. The highest BCUT2D eigenvalue weighted by Gasteiger charge is 2.03. The smallest absolute Gasteiger partial charge is 0.314 e. The zero-order valence-corrected chi connectivity index (χ0v) is 12.6. The third-order valence-corrected chi connectivity index (χ3v) is 3.41. The van der Waals surface area contributed by atoms with Crippen molar-refractivity contribution < 1.29 is 4.79 Å². The molecule has 4 nitrogen and oxygen atoms in total. The van der Waals surface area contributed by atoms with Gasteiger partial charge in [0.05, 0.1) is 5.69 Å². The van der Waals surface area contributed by atoms with E-state index in [-0.39, 0.29) is 11.2 Å². The second-order valence-electron chi connectivity index (χ2n) is 3.80. The van der Waals surface area contributed by atoms with E-state index in [4.69, 9.17) is 11.6 Å². The highest BCUT2D eigenvalue weighted by molar-refractivity contribution is 9.10. The standard InChI is InChI=1S/C14H11BrClN3O/c15-11-5-2-1-4-10(11)7-9-18-14(20)19-12-6-3-8-17-13(12)16/h1-9H,(H2,18,19,20)/b9-7+. The summed E-state index contributed by atoms with van der Waals surface area (Å²) < 4.78 is 0.953. The predicted molar refractivity (Wildman–Crippen MR) is 84.6 cm³/mol. The summed E-state index contributed by atoms with van der Waals surface area (Å²) in [5.41, 5.74) is 1.42. The fraction of sp³-hybridized carbons (Fsp3) is 0. The van der Waals surface area contributed by atoms with Gasteiger partial charge in [-0.25, -0.2) is 9.78 Å². The number of aromatic nitrogens is 1. The van der Waals surface area contributed by atoms with Gasteiger partial charge in [0.25, 0.3) is 0 Å². The molecule has 0 bridgehead atoms. The van der Waals surface area contributed by atoms with Crippen LogP contribution in [0.3, 0.4) is 0 Å². The van der Waals surface area contributed by atoms with Crippen molar-refractivity contribution in [1.82, 2.24) is 10.3 Å². The zero-order valence-electron chi connectivity index (χ0n) is 10.3. The van der Waals surface area contributed by atoms with Crippen molar-refractivity contribution in [2.45, 2.75) is 0 Å². The number of hydrogen-bond donors (Lipinski definition) is 2. The van der Waals surface area contributed by atoms with Crippen LogP contribution in [-0.4, -0.2) is 11.0 Å². The molecule has 2 rings (SSSR count). The molecule has 1 heterocycles. The van der Waals surface area contributed by atoms with Gasteiger partial charge in [-0.2, -0.15) is 0 Å². The Labute approximate surface area is 130 Å². The van der Waals surface area contributed by atoms with Crippen molar-refractivity contribution >= 4 is 45.3 Å². The first-order chi connectivity index (χ1) is 9.66. The first-order valence-corrected chi connectivity index (χ1v) is 6.93. The summed E-state index contributed by atoms with van der Waals surface area (Å²) in [5.74, 6) is 0. The quantitative estimate of drug-likeness (QED) is 0.810. The molecule has 0 aliphatic rings. The molecule has 0 aliphatic carbocycles. The lowest BCUT2D eigenvalue weighted by atomic mass is 10.2. The van der Waals surface area contributed by atoms with E-state index in [1.807, 2.05) is 24.3 Å². The minimum atomic E-state index is -0.386. The third-order valence-electron chi connectivity index (χ3n) is 2.39. The lowest BCUT2D eigenvalue weighted by Gasteiger charge is -2.05. The minimum absolute atomic E-state index is 0.248. The van der Waals surface area contributed by atoms with E-state index in [2.05, 4.69) is 31.5 Å². The van der Waals surface area contributed by atoms with Crippen LogP contribution in [0.2, 0.25) is 5.15 Å². The molecule has 20 heavy (non-hydrogen) atoms. The van der Waals surface area contributed by atoms with Crippen molar-refractivity contribution in [3.05, 3.63) is 64.0 Å². The molecule has 2 aromatic rings. The molecule has 0 spiro atoms. The molecule has 1 aromatic carbocycles. The average molecular weight is 353 g/mol. The number of carbonyl (C=O) groups is 1. The molecule has 0 saturated carbocycles. The van der Waals surface area contributed by atoms with Crippen LogP contribution in [0.15, 0.2) is 53.3 Å². The molecule has 0 radical (unpaired) electrons. The lowest BCUT2D eigenvalue weighted by molar-refractivity contribution is 0.255. The molecule has 2 N–H and O–H groups in total. The van der Waals surface area contributed by atoms with Crippen molar-refractivity contribution in [1.29, 1.82) is 0 Å². The average Bonchev–Trinajstić information content (AvgIpc) is 2.43. The van der Waals surface area contributed by atoms with E-state index in [9.17, 15) is 4.79 Å². The number of anilines is 1. The van der Waals surface area contributed by atoms with E-state index in [0.29, 0.717) is 5.69 Å². The van der Waals surface area contributed by atoms with Crippen LogP contribution in [0.4, 0.5) is 10.5 Å². The molecule has 0 aliphatic heterocycles. The number of amides is 2. The molecule has 1 aromatic heterocycles. The van der Waals surface area contributed by atoms with Crippen LogP contribution in [0.25, 0.3) is 6.08 Å². The van der Waals surface area contributed by atoms with Gasteiger partial charge in [-0.3, -0.25) is 0 Å². The van der Waals surface area contributed by atoms with Crippen LogP contribution in [0.1, 0.15) is 5.56 Å². The maximum Gasteiger partial charge on any atom is 0.323 e. The normalized spacial score (nSPS) is 10.5. The Hall–Kier alpha value is -1.85. The molecule has 6 heteroatoms. The lowest BCUT2D eigenvalue weighted by Crippen LogP contribution is -2.23. The topological polar surface area (TPSA) is 54.0 Å². The van der Waals surface area contributed by atoms with Crippen molar-refractivity contribution in [2.24, 2.45) is 0 Å². The van der Waals surface area contributed by atoms with Gasteiger partial charge in [-0.15, -0.1) is 0 Å². The van der Waals surface area contributed by atoms with E-state index in [0.717, 1.165) is 10.0 Å². The minimum Gasteiger partial charge on any atom is -0.314 e. The number of carbonyl (C=O) groups excluding carboxylic acids is 1. The largest absolute Gasteiger partial charge is 0.323 e. The fourth-order valence-electron chi connectivity index (χ4n) is 1.46. The molecule has 0 atom stereocenters. The van der Waals surface area contributed by atoms with Gasteiger partial charge in [0.15, 0.2) is 5.15 Å². The highest BCUT2D eigenvalue weighted by Crippen LogP contribution is 2.18. The number of rotatable bonds is 3. The van der Waals surface area contributed by atoms with Crippen LogP contribution in [-0.2, 0) is 0 Å². The third kappa shape index (κ3) is 4.08.